The first-order chi connectivity index (χ1) is 26.5. The highest BCUT2D eigenvalue weighted by Gasteiger charge is 2.73. The van der Waals surface area contributed by atoms with Crippen molar-refractivity contribution in [1.29, 1.82) is 0 Å². The number of hydrogen-bond donors (Lipinski definition) is 10. The monoisotopic (exact) mass is 784 g/mol. The van der Waals surface area contributed by atoms with Gasteiger partial charge in [-0.3, -0.25) is 4.79 Å². The first-order valence-corrected chi connectivity index (χ1v) is 21.5. The molecular formula is C44H69N3O9. The van der Waals surface area contributed by atoms with Gasteiger partial charge in [0, 0.05) is 42.5 Å². The Labute approximate surface area is 332 Å². The maximum atomic E-state index is 15.1. The molecule has 12 nitrogen and oxygen atoms in total. The number of nitrogens with two attached hydrogens (primary N) is 1. The van der Waals surface area contributed by atoms with Crippen molar-refractivity contribution in [3.05, 3.63) is 47.3 Å². The van der Waals surface area contributed by atoms with E-state index in [2.05, 4.69) is 29.7 Å². The van der Waals surface area contributed by atoms with Crippen LogP contribution in [0.2, 0.25) is 0 Å². The molecule has 0 bridgehead atoms. The molecule has 2 aliphatic heterocycles. The van der Waals surface area contributed by atoms with E-state index in [0.717, 1.165) is 37.7 Å². The maximum Gasteiger partial charge on any atom is 0.182 e. The van der Waals surface area contributed by atoms with Gasteiger partial charge in [0.05, 0.1) is 54.1 Å². The van der Waals surface area contributed by atoms with Gasteiger partial charge in [0.2, 0.25) is 0 Å². The summed E-state index contributed by atoms with van der Waals surface area (Å²) in [5.74, 6) is -2.58. The molecule has 1 spiro atoms. The number of carbonyl (C=O) groups excluding carboxylic acids is 1. The van der Waals surface area contributed by atoms with Crippen LogP contribution in [0.5, 0.6) is 0 Å². The van der Waals surface area contributed by atoms with Crippen LogP contribution >= 0.6 is 0 Å². The van der Waals surface area contributed by atoms with Crippen molar-refractivity contribution < 1.29 is 45.3 Å². The quantitative estimate of drug-likeness (QED) is 0.0962. The number of rotatable bonds is 13. The van der Waals surface area contributed by atoms with Gasteiger partial charge >= 0.3 is 0 Å². The highest BCUT2D eigenvalue weighted by atomic mass is 16.5. The summed E-state index contributed by atoms with van der Waals surface area (Å²) in [5.41, 5.74) is 2.72. The van der Waals surface area contributed by atoms with Crippen LogP contribution in [0.4, 0.5) is 0 Å². The van der Waals surface area contributed by atoms with E-state index in [0.29, 0.717) is 31.4 Å². The number of carbonyl (C=O) groups is 1. The summed E-state index contributed by atoms with van der Waals surface area (Å²) < 4.78 is 6.24. The van der Waals surface area contributed by atoms with Crippen molar-refractivity contribution in [3.8, 4) is 0 Å². The Bertz CT molecular complexity index is 1590. The molecule has 1 saturated heterocycles. The molecule has 7 aliphatic rings. The van der Waals surface area contributed by atoms with Crippen LogP contribution in [0, 0.1) is 52.3 Å². The Morgan fingerprint density at radius 1 is 1.11 bits per heavy atom. The van der Waals surface area contributed by atoms with Gasteiger partial charge in [0.15, 0.2) is 5.78 Å². The first kappa shape index (κ1) is 42.0. The van der Waals surface area contributed by atoms with E-state index in [1.165, 1.54) is 0 Å². The predicted molar refractivity (Wildman–Crippen MR) is 211 cm³/mol. The number of ketones is 1. The van der Waals surface area contributed by atoms with E-state index in [9.17, 15) is 35.7 Å². The summed E-state index contributed by atoms with van der Waals surface area (Å²) in [6.07, 6.45) is 11.8. The zero-order chi connectivity index (χ0) is 40.4. The third-order valence-corrected chi connectivity index (χ3v) is 15.9. The molecule has 56 heavy (non-hydrogen) atoms. The Hall–Kier alpha value is -2.13. The number of allylic oxidation sites excluding steroid dienone is 5. The lowest BCUT2D eigenvalue weighted by Crippen LogP contribution is -2.67. The minimum Gasteiger partial charge on any atom is -0.396 e. The molecule has 4 fully saturated rings. The van der Waals surface area contributed by atoms with Crippen molar-refractivity contribution in [3.63, 3.8) is 0 Å². The Kier molecular flexibility index (Phi) is 11.9. The third-order valence-electron chi connectivity index (χ3n) is 15.9. The van der Waals surface area contributed by atoms with Gasteiger partial charge in [-0.05, 0) is 105 Å². The van der Waals surface area contributed by atoms with Gasteiger partial charge in [-0.1, -0.05) is 57.8 Å². The zero-order valence-electron chi connectivity index (χ0n) is 33.8. The summed E-state index contributed by atoms with van der Waals surface area (Å²) in [6.45, 7) is 7.73. The van der Waals surface area contributed by atoms with E-state index in [1.54, 1.807) is 13.8 Å². The van der Waals surface area contributed by atoms with Crippen LogP contribution in [-0.4, -0.2) is 109 Å². The highest BCUT2D eigenvalue weighted by Crippen LogP contribution is 2.72. The van der Waals surface area contributed by atoms with Gasteiger partial charge in [-0.15, -0.1) is 0 Å². The van der Waals surface area contributed by atoms with Crippen LogP contribution in [-0.2, 0) is 9.53 Å². The lowest BCUT2D eigenvalue weighted by atomic mass is 9.41. The van der Waals surface area contributed by atoms with E-state index in [1.807, 2.05) is 25.3 Å². The summed E-state index contributed by atoms with van der Waals surface area (Å²) in [6, 6.07) is 0. The van der Waals surface area contributed by atoms with Gasteiger partial charge in [0.25, 0.3) is 0 Å². The smallest absolute Gasteiger partial charge is 0.182 e. The maximum absolute atomic E-state index is 15.1. The molecule has 2 heterocycles. The van der Waals surface area contributed by atoms with E-state index < -0.39 is 70.3 Å². The van der Waals surface area contributed by atoms with Crippen LogP contribution in [0.15, 0.2) is 47.3 Å². The average molecular weight is 784 g/mol. The number of unbranched alkanes of at least 4 members (excludes halogenated alkanes) is 3. The van der Waals surface area contributed by atoms with Crippen molar-refractivity contribution in [2.75, 3.05) is 19.8 Å². The predicted octanol–water partition coefficient (Wildman–Crippen LogP) is 2.31. The minimum absolute atomic E-state index is 0.0671. The number of aliphatic hydroxyl groups is 7. The molecule has 3 saturated carbocycles. The SMILES string of the molecule is CCCCCCC1COC(C(O)C(C)(O)C2CCC3(O)C4=C(NCC(C)O)C(=O)C5CC(O)C(O)CC56CC(C5=CNC(N)C=C5)C=CC(CC23C)C46)C1CO. The number of nitrogens with one attached hydrogen (secondary N) is 2. The molecule has 17 unspecified atom stereocenters. The van der Waals surface area contributed by atoms with E-state index in [4.69, 9.17) is 10.5 Å². The Balaban J connectivity index is 1.31. The fourth-order valence-corrected chi connectivity index (χ4v) is 13.1. The second-order valence-electron chi connectivity index (χ2n) is 19.3. The Morgan fingerprint density at radius 3 is 2.55 bits per heavy atom. The molecular weight excluding hydrogens is 714 g/mol. The van der Waals surface area contributed by atoms with Crippen molar-refractivity contribution in [2.45, 2.75) is 146 Å². The Morgan fingerprint density at radius 2 is 1.88 bits per heavy atom. The van der Waals surface area contributed by atoms with Gasteiger partial charge in [-0.2, -0.15) is 0 Å². The molecule has 0 aromatic rings. The van der Waals surface area contributed by atoms with Crippen molar-refractivity contribution in [1.82, 2.24) is 10.6 Å². The average Bonchev–Trinajstić information content (AvgIpc) is 3.64. The molecule has 11 N–H and O–H groups in total. The molecule has 7 rings (SSSR count). The molecule has 314 valence electrons. The van der Waals surface area contributed by atoms with Crippen molar-refractivity contribution >= 4 is 5.78 Å². The van der Waals surface area contributed by atoms with E-state index >= 15 is 4.79 Å². The zero-order valence-corrected chi connectivity index (χ0v) is 33.8. The molecule has 0 amide bonds. The normalized spacial score (nSPS) is 45.2. The number of aliphatic hydroxyl groups excluding tert-OH is 5. The topological polar surface area (TPSA) is 218 Å². The van der Waals surface area contributed by atoms with Crippen molar-refractivity contribution in [2.24, 2.45) is 58.0 Å². The molecule has 17 atom stereocenters. The third kappa shape index (κ3) is 6.76. The number of Topliss-reactive ketones (excluding diaryl/α,β-unsaturated/α-hetero) is 1. The lowest BCUT2D eigenvalue weighted by molar-refractivity contribution is -0.202. The molecule has 0 aromatic heterocycles. The van der Waals surface area contributed by atoms with Gasteiger partial charge < -0.3 is 56.8 Å². The fraction of sp³-hybridized carbons (Fsp3) is 0.795. The van der Waals surface area contributed by atoms with Crippen LogP contribution in [0.3, 0.4) is 0 Å². The highest BCUT2D eigenvalue weighted by molar-refractivity contribution is 6.00. The molecule has 0 aromatic carbocycles. The number of hydrogen-bond acceptors (Lipinski definition) is 12. The second-order valence-corrected chi connectivity index (χ2v) is 19.3. The van der Waals surface area contributed by atoms with E-state index in [-0.39, 0.29) is 73.7 Å². The number of ether oxygens (including phenoxy) is 1. The second kappa shape index (κ2) is 15.8. The lowest BCUT2D eigenvalue weighted by Gasteiger charge is -2.64. The number of dihydropyridines is 1. The minimum atomic E-state index is -1.74. The van der Waals surface area contributed by atoms with Gasteiger partial charge in [0.1, 0.15) is 6.10 Å². The molecule has 0 radical (unpaired) electrons. The number of fused-ring (bicyclic) bond motifs is 2. The summed E-state index contributed by atoms with van der Waals surface area (Å²) in [5, 5.41) is 88.5. The molecule has 5 aliphatic carbocycles. The summed E-state index contributed by atoms with van der Waals surface area (Å²) in [4.78, 5) is 15.1. The van der Waals surface area contributed by atoms with Crippen LogP contribution in [0.1, 0.15) is 98.3 Å². The largest absolute Gasteiger partial charge is 0.396 e. The van der Waals surface area contributed by atoms with Crippen LogP contribution in [0.25, 0.3) is 0 Å². The standard InChI is InChI=1S/C44H69N3O9/c1-5-6-7-8-9-28-23-56-39(29(28)22-48)40(53)42(4,54)33-14-15-44(55)36-35-26(17-41(33,44)3)11-10-25(27-12-13-34(45)46-21-27)18-43(35)19-32(51)31(50)16-30(43)38(52)37(36)47-20-24(2)49/h10-13,21,24-26,28-35,39-40,46-51,53-55H,5-9,14-20,22-23,45H2,1-4H3. The van der Waals surface area contributed by atoms with Gasteiger partial charge in [-0.25, -0.2) is 0 Å². The first-order valence-electron chi connectivity index (χ1n) is 21.5. The van der Waals surface area contributed by atoms with Crippen LogP contribution < -0.4 is 16.4 Å². The molecule has 12 heteroatoms. The summed E-state index contributed by atoms with van der Waals surface area (Å²) >= 11 is 0. The fourth-order valence-electron chi connectivity index (χ4n) is 13.1. The summed E-state index contributed by atoms with van der Waals surface area (Å²) in [7, 11) is 0.